The normalized spacial score (nSPS) is 25.1. The number of hydrogen-bond acceptors (Lipinski definition) is 2. The molecule has 0 radical (unpaired) electrons. The maximum atomic E-state index is 14.9. The lowest BCUT2D eigenvalue weighted by Crippen LogP contribution is -2.32. The summed E-state index contributed by atoms with van der Waals surface area (Å²) in [5.74, 6) is 1.92. The van der Waals surface area contributed by atoms with Gasteiger partial charge >= 0.3 is 0 Å². The highest BCUT2D eigenvalue weighted by atomic mass is 19.1. The molecular weight excluding hydrogens is 435 g/mol. The van der Waals surface area contributed by atoms with Crippen LogP contribution in [-0.2, 0) is 15.9 Å². The van der Waals surface area contributed by atoms with Crippen LogP contribution in [0.25, 0.3) is 0 Å². The SMILES string of the molecule is CCCCCCCC1COC(CCc2ccc([C@H]3CC[C@H](CCCCCCC)CC3)cc2F)OC1. The van der Waals surface area contributed by atoms with E-state index in [4.69, 9.17) is 9.47 Å². The molecule has 2 aliphatic rings. The van der Waals surface area contributed by atoms with Gasteiger partial charge in [-0.25, -0.2) is 4.39 Å². The van der Waals surface area contributed by atoms with Crippen LogP contribution in [0.15, 0.2) is 18.2 Å². The number of hydrogen-bond donors (Lipinski definition) is 0. The van der Waals surface area contributed by atoms with Crippen LogP contribution in [0.5, 0.6) is 0 Å². The van der Waals surface area contributed by atoms with Crippen molar-refractivity contribution in [1.82, 2.24) is 0 Å². The van der Waals surface area contributed by atoms with E-state index >= 15 is 0 Å². The van der Waals surface area contributed by atoms with Crippen molar-refractivity contribution in [3.05, 3.63) is 35.1 Å². The molecule has 0 aromatic heterocycles. The first-order chi connectivity index (χ1) is 17.2. The minimum absolute atomic E-state index is 0.0405. The first kappa shape index (κ1) is 28.6. The van der Waals surface area contributed by atoms with Gasteiger partial charge in [0.25, 0.3) is 0 Å². The quantitative estimate of drug-likeness (QED) is 0.216. The molecule has 0 unspecified atom stereocenters. The van der Waals surface area contributed by atoms with Crippen LogP contribution in [0.3, 0.4) is 0 Å². The van der Waals surface area contributed by atoms with Crippen molar-refractivity contribution >= 4 is 0 Å². The van der Waals surface area contributed by atoms with E-state index < -0.39 is 0 Å². The molecule has 200 valence electrons. The highest BCUT2D eigenvalue weighted by Gasteiger charge is 2.24. The van der Waals surface area contributed by atoms with Crippen LogP contribution in [-0.4, -0.2) is 19.5 Å². The van der Waals surface area contributed by atoms with Gasteiger partial charge in [0.2, 0.25) is 0 Å². The van der Waals surface area contributed by atoms with Crippen LogP contribution < -0.4 is 0 Å². The average molecular weight is 489 g/mol. The summed E-state index contributed by atoms with van der Waals surface area (Å²) in [6, 6.07) is 6.03. The summed E-state index contributed by atoms with van der Waals surface area (Å²) in [7, 11) is 0. The molecule has 1 aromatic rings. The third-order valence-corrected chi connectivity index (χ3v) is 8.51. The molecule has 1 aromatic carbocycles. The van der Waals surface area contributed by atoms with Crippen molar-refractivity contribution in [3.63, 3.8) is 0 Å². The van der Waals surface area contributed by atoms with Gasteiger partial charge in [-0.05, 0) is 67.6 Å². The number of rotatable bonds is 16. The minimum atomic E-state index is -0.178. The number of ether oxygens (including phenoxy) is 2. The van der Waals surface area contributed by atoms with Crippen molar-refractivity contribution in [2.24, 2.45) is 11.8 Å². The van der Waals surface area contributed by atoms with Crippen molar-refractivity contribution in [3.8, 4) is 0 Å². The lowest BCUT2D eigenvalue weighted by atomic mass is 9.77. The summed E-state index contributed by atoms with van der Waals surface area (Å²) in [5.41, 5.74) is 2.01. The van der Waals surface area contributed by atoms with E-state index in [0.29, 0.717) is 18.3 Å². The Morgan fingerprint density at radius 2 is 1.31 bits per heavy atom. The smallest absolute Gasteiger partial charge is 0.157 e. The Bertz CT molecular complexity index is 674. The van der Waals surface area contributed by atoms with Gasteiger partial charge < -0.3 is 9.47 Å². The van der Waals surface area contributed by atoms with Gasteiger partial charge in [-0.15, -0.1) is 0 Å². The van der Waals surface area contributed by atoms with Crippen molar-refractivity contribution in [2.45, 2.75) is 142 Å². The van der Waals surface area contributed by atoms with Crippen molar-refractivity contribution < 1.29 is 13.9 Å². The molecule has 1 saturated heterocycles. The van der Waals surface area contributed by atoms with Crippen molar-refractivity contribution in [2.75, 3.05) is 13.2 Å². The van der Waals surface area contributed by atoms with E-state index in [1.165, 1.54) is 108 Å². The molecular formula is C32H53FO2. The van der Waals surface area contributed by atoms with Crippen LogP contribution in [0.2, 0.25) is 0 Å². The molecule has 3 rings (SSSR count). The fourth-order valence-corrected chi connectivity index (χ4v) is 6.07. The summed E-state index contributed by atoms with van der Waals surface area (Å²) < 4.78 is 26.8. The van der Waals surface area contributed by atoms with E-state index in [9.17, 15) is 4.39 Å². The van der Waals surface area contributed by atoms with Gasteiger partial charge in [0, 0.05) is 12.3 Å². The lowest BCUT2D eigenvalue weighted by molar-refractivity contribution is -0.203. The first-order valence-electron chi connectivity index (χ1n) is 15.2. The predicted octanol–water partition coefficient (Wildman–Crippen LogP) is 9.74. The Kier molecular flexibility index (Phi) is 13.7. The monoisotopic (exact) mass is 488 g/mol. The van der Waals surface area contributed by atoms with Gasteiger partial charge in [-0.2, -0.15) is 0 Å². The highest BCUT2D eigenvalue weighted by molar-refractivity contribution is 5.27. The molecule has 0 bridgehead atoms. The second-order valence-electron chi connectivity index (χ2n) is 11.5. The van der Waals surface area contributed by atoms with Gasteiger partial charge in [0.15, 0.2) is 6.29 Å². The number of benzene rings is 1. The molecule has 0 atom stereocenters. The predicted molar refractivity (Wildman–Crippen MR) is 145 cm³/mol. The topological polar surface area (TPSA) is 18.5 Å². The van der Waals surface area contributed by atoms with Gasteiger partial charge in [0.1, 0.15) is 5.82 Å². The third kappa shape index (κ3) is 10.5. The number of unbranched alkanes of at least 4 members (excludes halogenated alkanes) is 8. The molecule has 1 saturated carbocycles. The van der Waals surface area contributed by atoms with Gasteiger partial charge in [0.05, 0.1) is 13.2 Å². The van der Waals surface area contributed by atoms with E-state index in [-0.39, 0.29) is 12.1 Å². The molecule has 35 heavy (non-hydrogen) atoms. The second-order valence-corrected chi connectivity index (χ2v) is 11.5. The molecule has 2 fully saturated rings. The van der Waals surface area contributed by atoms with E-state index in [1.54, 1.807) is 0 Å². The summed E-state index contributed by atoms with van der Waals surface area (Å²) in [6.45, 7) is 6.12. The van der Waals surface area contributed by atoms with Gasteiger partial charge in [-0.3, -0.25) is 0 Å². The summed E-state index contributed by atoms with van der Waals surface area (Å²) >= 11 is 0. The Morgan fingerprint density at radius 1 is 0.714 bits per heavy atom. The van der Waals surface area contributed by atoms with E-state index in [1.807, 2.05) is 12.1 Å². The number of halogens is 1. The maximum absolute atomic E-state index is 14.9. The Balaban J connectivity index is 1.31. The zero-order valence-corrected chi connectivity index (χ0v) is 22.9. The average Bonchev–Trinajstić information content (AvgIpc) is 2.89. The molecule has 3 heteroatoms. The largest absolute Gasteiger partial charge is 0.352 e. The van der Waals surface area contributed by atoms with Crippen LogP contribution in [0, 0.1) is 17.7 Å². The highest BCUT2D eigenvalue weighted by Crippen LogP contribution is 2.38. The lowest BCUT2D eigenvalue weighted by Gasteiger charge is -2.30. The third-order valence-electron chi connectivity index (χ3n) is 8.51. The summed E-state index contributed by atoms with van der Waals surface area (Å²) in [4.78, 5) is 0. The van der Waals surface area contributed by atoms with Crippen LogP contribution in [0.4, 0.5) is 4.39 Å². The molecule has 1 aliphatic heterocycles. The standard InChI is InChI=1S/C32H53FO2/c1-3-5-7-9-11-13-26-15-17-28(18-16-26)30-20-19-29(31(33)23-30)21-22-32-34-24-27(25-35-32)14-12-10-8-6-4-2/h19-20,23,26-28,32H,3-18,21-22,24-25H2,1-2H3/t26-,27?,28-,32?. The van der Waals surface area contributed by atoms with Crippen molar-refractivity contribution in [1.29, 1.82) is 0 Å². The fraction of sp³-hybridized carbons (Fsp3) is 0.812. The Hall–Kier alpha value is -0.930. The summed E-state index contributed by atoms with van der Waals surface area (Å²) in [6.07, 6.45) is 22.4. The molecule has 1 heterocycles. The molecule has 2 nitrogen and oxygen atoms in total. The zero-order valence-electron chi connectivity index (χ0n) is 22.9. The minimum Gasteiger partial charge on any atom is -0.352 e. The zero-order chi connectivity index (χ0) is 24.7. The number of aryl methyl sites for hydroxylation is 1. The van der Waals surface area contributed by atoms with Crippen LogP contribution in [0.1, 0.15) is 140 Å². The summed E-state index contributed by atoms with van der Waals surface area (Å²) in [5, 5.41) is 0. The fourth-order valence-electron chi connectivity index (χ4n) is 6.07. The molecule has 0 N–H and O–H groups in total. The van der Waals surface area contributed by atoms with Gasteiger partial charge in [-0.1, -0.05) is 96.6 Å². The Labute approximate surface area is 215 Å². The Morgan fingerprint density at radius 3 is 1.91 bits per heavy atom. The molecule has 0 amide bonds. The first-order valence-corrected chi connectivity index (χ1v) is 15.2. The molecule has 0 spiro atoms. The van der Waals surface area contributed by atoms with Crippen LogP contribution >= 0.6 is 0 Å². The van der Waals surface area contributed by atoms with E-state index in [0.717, 1.165) is 31.1 Å². The second kappa shape index (κ2) is 16.7. The molecule has 1 aliphatic carbocycles. The van der Waals surface area contributed by atoms with E-state index in [2.05, 4.69) is 19.9 Å². The maximum Gasteiger partial charge on any atom is 0.157 e.